The van der Waals surface area contributed by atoms with Gasteiger partial charge in [0.1, 0.15) is 6.29 Å². The molecule has 3 nitrogen and oxygen atoms in total. The predicted octanol–water partition coefficient (Wildman–Crippen LogP) is -0.597. The molecule has 2 N–H and O–H groups in total. The van der Waals surface area contributed by atoms with E-state index >= 15 is 0 Å². The second-order valence-corrected chi connectivity index (χ2v) is 1.97. The molecule has 0 aromatic rings. The van der Waals surface area contributed by atoms with Crippen LogP contribution in [0.4, 0.5) is 0 Å². The van der Waals surface area contributed by atoms with Crippen LogP contribution in [0.25, 0.3) is 0 Å². The number of hydrogen-bond acceptors (Lipinski definition) is 3. The lowest BCUT2D eigenvalue weighted by molar-refractivity contribution is -0.112. The number of aliphatic hydroxyl groups is 1. The average Bonchev–Trinajstić information content (AvgIpc) is 1.91. The van der Waals surface area contributed by atoms with E-state index in [0.717, 1.165) is 19.3 Å². The molecule has 0 aliphatic carbocycles. The molecule has 3 heteroatoms. The molecule has 0 radical (unpaired) electrons. The summed E-state index contributed by atoms with van der Waals surface area (Å²) in [6.07, 6.45) is 1.51. The van der Waals surface area contributed by atoms with Gasteiger partial charge in [0.05, 0.1) is 6.61 Å². The normalized spacial score (nSPS) is 13.1. The topological polar surface area (TPSA) is 49.3 Å². The predicted molar refractivity (Wildman–Crippen MR) is 35.2 cm³/mol. The number of nitrogens with one attached hydrogen (secondary N) is 1. The molecule has 0 rings (SSSR count). The number of aldehydes is 1. The maximum atomic E-state index is 10.1. The van der Waals surface area contributed by atoms with Gasteiger partial charge in [-0.25, -0.2) is 0 Å². The first-order valence-corrected chi connectivity index (χ1v) is 3.06. The quantitative estimate of drug-likeness (QED) is 0.490. The molecule has 0 saturated carbocycles. The monoisotopic (exact) mass is 131 g/mol. The van der Waals surface area contributed by atoms with E-state index in [9.17, 15) is 4.79 Å². The van der Waals surface area contributed by atoms with Crippen LogP contribution in [0.1, 0.15) is 6.42 Å². The average molecular weight is 131 g/mol. The Kier molecular flexibility index (Phi) is 5.46. The molecular weight excluding hydrogens is 118 g/mol. The number of carbonyl (C=O) groups is 1. The van der Waals surface area contributed by atoms with Crippen molar-refractivity contribution in [2.45, 2.75) is 6.42 Å². The first kappa shape index (κ1) is 8.59. The zero-order valence-electron chi connectivity index (χ0n) is 5.63. The molecule has 54 valence electrons. The van der Waals surface area contributed by atoms with Gasteiger partial charge in [-0.1, -0.05) is 0 Å². The molecule has 1 unspecified atom stereocenters. The summed E-state index contributed by atoms with van der Waals surface area (Å²) in [6, 6.07) is 0. The Bertz CT molecular complexity index is 75.5. The van der Waals surface area contributed by atoms with E-state index < -0.39 is 0 Å². The second kappa shape index (κ2) is 5.72. The fraction of sp³-hybridized carbons (Fsp3) is 0.833. The molecule has 0 spiro atoms. The molecule has 0 heterocycles. The Labute approximate surface area is 55.1 Å². The van der Waals surface area contributed by atoms with Crippen molar-refractivity contribution in [1.82, 2.24) is 5.32 Å². The van der Waals surface area contributed by atoms with E-state index in [-0.39, 0.29) is 12.5 Å². The van der Waals surface area contributed by atoms with Gasteiger partial charge in [-0.3, -0.25) is 0 Å². The van der Waals surface area contributed by atoms with E-state index in [2.05, 4.69) is 5.32 Å². The number of carbonyl (C=O) groups excluding carboxylic acids is 1. The first-order valence-electron chi connectivity index (χ1n) is 3.06. The van der Waals surface area contributed by atoms with Crippen molar-refractivity contribution in [3.05, 3.63) is 0 Å². The molecule has 0 amide bonds. The number of aliphatic hydroxyl groups excluding tert-OH is 1. The summed E-state index contributed by atoms with van der Waals surface area (Å²) < 4.78 is 0. The molecule has 9 heavy (non-hydrogen) atoms. The maximum Gasteiger partial charge on any atom is 0.125 e. The van der Waals surface area contributed by atoms with Gasteiger partial charge in [-0.2, -0.15) is 0 Å². The van der Waals surface area contributed by atoms with Crippen LogP contribution in [0.2, 0.25) is 0 Å². The summed E-state index contributed by atoms with van der Waals surface area (Å²) in [5, 5.41) is 11.4. The largest absolute Gasteiger partial charge is 0.396 e. The van der Waals surface area contributed by atoms with Crippen LogP contribution in [-0.2, 0) is 4.79 Å². The number of rotatable bonds is 5. The summed E-state index contributed by atoms with van der Waals surface area (Å²) in [5.41, 5.74) is 0. The summed E-state index contributed by atoms with van der Waals surface area (Å²) >= 11 is 0. The Morgan fingerprint density at radius 3 is 2.78 bits per heavy atom. The third-order valence-electron chi connectivity index (χ3n) is 1.19. The third-order valence-corrected chi connectivity index (χ3v) is 1.19. The van der Waals surface area contributed by atoms with Gasteiger partial charge in [-0.15, -0.1) is 0 Å². The van der Waals surface area contributed by atoms with Gasteiger partial charge < -0.3 is 15.2 Å². The minimum absolute atomic E-state index is 0.0365. The Balaban J connectivity index is 3.20. The lowest BCUT2D eigenvalue weighted by atomic mass is 10.1. The van der Waals surface area contributed by atoms with Gasteiger partial charge in [0, 0.05) is 5.92 Å². The van der Waals surface area contributed by atoms with Crippen molar-refractivity contribution in [3.8, 4) is 0 Å². The van der Waals surface area contributed by atoms with Crippen LogP contribution in [0.3, 0.4) is 0 Å². The Hall–Kier alpha value is -0.410. The minimum Gasteiger partial charge on any atom is -0.396 e. The fourth-order valence-corrected chi connectivity index (χ4v) is 0.532. The molecule has 0 bridgehead atoms. The lowest BCUT2D eigenvalue weighted by Gasteiger charge is -2.03. The highest BCUT2D eigenvalue weighted by Gasteiger charge is 2.02. The smallest absolute Gasteiger partial charge is 0.125 e. The summed E-state index contributed by atoms with van der Waals surface area (Å²) in [6.45, 7) is 0.745. The van der Waals surface area contributed by atoms with E-state index in [1.807, 2.05) is 7.05 Å². The van der Waals surface area contributed by atoms with E-state index in [4.69, 9.17) is 5.11 Å². The van der Waals surface area contributed by atoms with Gasteiger partial charge >= 0.3 is 0 Å². The van der Waals surface area contributed by atoms with E-state index in [1.54, 1.807) is 0 Å². The van der Waals surface area contributed by atoms with Gasteiger partial charge in [-0.05, 0) is 20.0 Å². The molecular formula is C6H13NO2. The summed E-state index contributed by atoms with van der Waals surface area (Å²) in [5.74, 6) is -0.183. The van der Waals surface area contributed by atoms with Crippen molar-refractivity contribution < 1.29 is 9.90 Å². The molecule has 0 fully saturated rings. The molecule has 0 aromatic heterocycles. The first-order chi connectivity index (χ1) is 4.35. The van der Waals surface area contributed by atoms with Crippen LogP contribution < -0.4 is 5.32 Å². The van der Waals surface area contributed by atoms with Crippen LogP contribution in [0.15, 0.2) is 0 Å². The molecule has 1 atom stereocenters. The number of hydrogen-bond donors (Lipinski definition) is 2. The highest BCUT2D eigenvalue weighted by Crippen LogP contribution is 1.94. The highest BCUT2D eigenvalue weighted by atomic mass is 16.3. The maximum absolute atomic E-state index is 10.1. The lowest BCUT2D eigenvalue weighted by Crippen LogP contribution is -2.16. The van der Waals surface area contributed by atoms with Crippen molar-refractivity contribution >= 4 is 6.29 Å². The van der Waals surface area contributed by atoms with Crippen molar-refractivity contribution in [1.29, 1.82) is 0 Å². The Morgan fingerprint density at radius 2 is 2.44 bits per heavy atom. The van der Waals surface area contributed by atoms with E-state index in [1.165, 1.54) is 0 Å². The summed E-state index contributed by atoms with van der Waals surface area (Å²) in [4.78, 5) is 10.1. The molecule has 0 saturated heterocycles. The van der Waals surface area contributed by atoms with E-state index in [0.29, 0.717) is 0 Å². The van der Waals surface area contributed by atoms with Crippen molar-refractivity contribution in [2.24, 2.45) is 5.92 Å². The van der Waals surface area contributed by atoms with Crippen LogP contribution in [0.5, 0.6) is 0 Å². The third kappa shape index (κ3) is 4.12. The molecule has 0 aromatic carbocycles. The fourth-order valence-electron chi connectivity index (χ4n) is 0.532. The van der Waals surface area contributed by atoms with Gasteiger partial charge in [0.15, 0.2) is 0 Å². The van der Waals surface area contributed by atoms with Crippen LogP contribution >= 0.6 is 0 Å². The second-order valence-electron chi connectivity index (χ2n) is 1.97. The van der Waals surface area contributed by atoms with Crippen LogP contribution in [0, 0.1) is 5.92 Å². The Morgan fingerprint density at radius 1 is 1.78 bits per heavy atom. The van der Waals surface area contributed by atoms with Crippen LogP contribution in [-0.4, -0.2) is 31.6 Å². The highest BCUT2D eigenvalue weighted by molar-refractivity contribution is 5.53. The molecule has 0 aliphatic rings. The zero-order valence-corrected chi connectivity index (χ0v) is 5.63. The van der Waals surface area contributed by atoms with Gasteiger partial charge in [0.2, 0.25) is 0 Å². The SMILES string of the molecule is CNCCC(C=O)CO. The molecule has 0 aliphatic heterocycles. The minimum atomic E-state index is -0.183. The standard InChI is InChI=1S/C6H13NO2/c1-7-3-2-6(4-8)5-9/h4,6-7,9H,2-3,5H2,1H3. The zero-order chi connectivity index (χ0) is 7.11. The summed E-state index contributed by atoms with van der Waals surface area (Å²) in [7, 11) is 1.82. The van der Waals surface area contributed by atoms with Gasteiger partial charge in [0.25, 0.3) is 0 Å². The van der Waals surface area contributed by atoms with Crippen molar-refractivity contribution in [2.75, 3.05) is 20.2 Å². The van der Waals surface area contributed by atoms with Crippen molar-refractivity contribution in [3.63, 3.8) is 0 Å².